The number of aliphatic hydroxyl groups excluding tert-OH is 1. The molecule has 1 saturated carbocycles. The molecule has 1 aliphatic carbocycles. The molecule has 1 fully saturated rings. The maximum absolute atomic E-state index is 12.9. The molecule has 0 aliphatic heterocycles. The highest BCUT2D eigenvalue weighted by Gasteiger charge is 2.21. The summed E-state index contributed by atoms with van der Waals surface area (Å²) >= 11 is 0. The first-order chi connectivity index (χ1) is 28.5. The van der Waals surface area contributed by atoms with Crippen molar-refractivity contribution in [2.75, 3.05) is 52.5 Å². The Labute approximate surface area is 361 Å². The van der Waals surface area contributed by atoms with E-state index in [1.165, 1.54) is 173 Å². The van der Waals surface area contributed by atoms with E-state index in [1.54, 1.807) is 0 Å². The zero-order valence-corrected chi connectivity index (χ0v) is 39.3. The molecule has 0 aromatic carbocycles. The molecule has 1 aliphatic rings. The molecular weight excluding hydrogens is 719 g/mol. The van der Waals surface area contributed by atoms with Gasteiger partial charge in [0.25, 0.3) is 0 Å². The van der Waals surface area contributed by atoms with Gasteiger partial charge in [-0.2, -0.15) is 0 Å². The Morgan fingerprint density at radius 2 is 1.03 bits per heavy atom. The van der Waals surface area contributed by atoms with E-state index in [9.17, 15) is 14.7 Å². The molecule has 0 heterocycles. The van der Waals surface area contributed by atoms with Crippen LogP contribution in [-0.2, 0) is 14.3 Å². The van der Waals surface area contributed by atoms with Crippen LogP contribution in [0.25, 0.3) is 0 Å². The number of rotatable bonds is 44. The van der Waals surface area contributed by atoms with Gasteiger partial charge in [-0.15, -0.1) is 0 Å². The molecule has 7 heteroatoms. The van der Waals surface area contributed by atoms with Crippen LogP contribution in [0, 0.1) is 5.92 Å². The van der Waals surface area contributed by atoms with Crippen molar-refractivity contribution in [2.45, 2.75) is 258 Å². The first-order valence-electron chi connectivity index (χ1n) is 26.0. The third-order valence-electron chi connectivity index (χ3n) is 12.9. The number of nitrogens with zero attached hydrogens (tertiary/aromatic N) is 2. The fraction of sp³-hybridized carbons (Fsp3) is 0.961. The molecule has 0 saturated heterocycles. The summed E-state index contributed by atoms with van der Waals surface area (Å²) in [6.45, 7) is 13.4. The van der Waals surface area contributed by atoms with E-state index < -0.39 is 0 Å². The first-order valence-corrected chi connectivity index (χ1v) is 26.0. The summed E-state index contributed by atoms with van der Waals surface area (Å²) in [6.07, 6.45) is 43.9. The summed E-state index contributed by atoms with van der Waals surface area (Å²) in [5.41, 5.74) is 0. The number of nitrogens with one attached hydrogen (secondary N) is 1. The van der Waals surface area contributed by atoms with E-state index in [1.807, 2.05) is 0 Å². The van der Waals surface area contributed by atoms with Crippen LogP contribution in [0.2, 0.25) is 0 Å². The molecule has 7 nitrogen and oxygen atoms in total. The second-order valence-corrected chi connectivity index (χ2v) is 18.3. The van der Waals surface area contributed by atoms with Crippen molar-refractivity contribution in [1.82, 2.24) is 15.1 Å². The molecule has 0 unspecified atom stereocenters. The summed E-state index contributed by atoms with van der Waals surface area (Å²) in [5.74, 6) is 0.842. The highest BCUT2D eigenvalue weighted by atomic mass is 16.5. The summed E-state index contributed by atoms with van der Waals surface area (Å²) in [4.78, 5) is 30.5. The molecule has 344 valence electrons. The van der Waals surface area contributed by atoms with Crippen molar-refractivity contribution in [3.8, 4) is 0 Å². The van der Waals surface area contributed by atoms with Crippen molar-refractivity contribution in [3.05, 3.63) is 0 Å². The van der Waals surface area contributed by atoms with Crippen LogP contribution in [-0.4, -0.2) is 85.3 Å². The minimum Gasteiger partial charge on any atom is -0.466 e. The van der Waals surface area contributed by atoms with Gasteiger partial charge in [0, 0.05) is 45.1 Å². The topological polar surface area (TPSA) is 82.1 Å². The molecule has 2 N–H and O–H groups in total. The van der Waals surface area contributed by atoms with Gasteiger partial charge in [-0.05, 0) is 76.8 Å². The van der Waals surface area contributed by atoms with Crippen molar-refractivity contribution < 1.29 is 19.4 Å². The second-order valence-electron chi connectivity index (χ2n) is 18.3. The molecule has 0 bridgehead atoms. The summed E-state index contributed by atoms with van der Waals surface area (Å²) in [7, 11) is 0. The third kappa shape index (κ3) is 34.5. The van der Waals surface area contributed by atoms with Crippen molar-refractivity contribution in [3.63, 3.8) is 0 Å². The number of esters is 1. The molecule has 0 radical (unpaired) electrons. The van der Waals surface area contributed by atoms with Crippen LogP contribution in [0.15, 0.2) is 0 Å². The summed E-state index contributed by atoms with van der Waals surface area (Å²) < 4.78 is 5.55. The zero-order chi connectivity index (χ0) is 42.0. The first kappa shape index (κ1) is 54.8. The van der Waals surface area contributed by atoms with Crippen molar-refractivity contribution in [1.29, 1.82) is 0 Å². The molecular formula is C51H101N3O4. The van der Waals surface area contributed by atoms with E-state index in [2.05, 4.69) is 35.9 Å². The molecule has 0 aromatic heterocycles. The molecule has 1 amide bonds. The quantitative estimate of drug-likeness (QED) is 0.0471. The van der Waals surface area contributed by atoms with Crippen LogP contribution in [0.4, 0.5) is 0 Å². The lowest BCUT2D eigenvalue weighted by Gasteiger charge is -2.35. The van der Waals surface area contributed by atoms with E-state index in [0.29, 0.717) is 31.4 Å². The van der Waals surface area contributed by atoms with Gasteiger partial charge in [0.15, 0.2) is 0 Å². The van der Waals surface area contributed by atoms with Gasteiger partial charge in [0.1, 0.15) is 0 Å². The minimum atomic E-state index is -0.0290. The summed E-state index contributed by atoms with van der Waals surface area (Å²) in [5, 5.41) is 13.2. The Balaban J connectivity index is 2.43. The van der Waals surface area contributed by atoms with E-state index in [0.717, 1.165) is 84.2 Å². The number of unbranched alkanes of at least 4 members (excludes halogenated alkanes) is 22. The number of hydrogen-bond donors (Lipinski definition) is 2. The third-order valence-corrected chi connectivity index (χ3v) is 12.9. The smallest absolute Gasteiger partial charge is 0.305 e. The highest BCUT2D eigenvalue weighted by molar-refractivity contribution is 5.75. The van der Waals surface area contributed by atoms with Gasteiger partial charge in [-0.1, -0.05) is 181 Å². The number of hydrogen-bond acceptors (Lipinski definition) is 6. The van der Waals surface area contributed by atoms with Crippen LogP contribution < -0.4 is 5.32 Å². The van der Waals surface area contributed by atoms with Gasteiger partial charge >= 0.3 is 5.97 Å². The maximum Gasteiger partial charge on any atom is 0.305 e. The normalized spacial score (nSPS) is 13.6. The van der Waals surface area contributed by atoms with Crippen molar-refractivity contribution in [2.24, 2.45) is 5.92 Å². The molecule has 58 heavy (non-hydrogen) atoms. The van der Waals surface area contributed by atoms with Gasteiger partial charge in [-0.25, -0.2) is 0 Å². The number of carbonyl (C=O) groups excluding carboxylic acids is 2. The fourth-order valence-electron chi connectivity index (χ4n) is 9.03. The monoisotopic (exact) mass is 820 g/mol. The van der Waals surface area contributed by atoms with E-state index in [4.69, 9.17) is 4.74 Å². The highest BCUT2D eigenvalue weighted by Crippen LogP contribution is 2.23. The number of ether oxygens (including phenoxy) is 1. The molecule has 0 aromatic rings. The molecule has 1 rings (SSSR count). The number of carbonyl (C=O) groups is 2. The van der Waals surface area contributed by atoms with Crippen LogP contribution in [0.1, 0.15) is 252 Å². The van der Waals surface area contributed by atoms with Gasteiger partial charge in [-0.3, -0.25) is 14.5 Å². The predicted octanol–water partition coefficient (Wildman–Crippen LogP) is 13.3. The Morgan fingerprint density at radius 3 is 1.57 bits per heavy atom. The predicted molar refractivity (Wildman–Crippen MR) is 250 cm³/mol. The lowest BCUT2D eigenvalue weighted by atomic mass is 9.94. The second kappa shape index (κ2) is 42.5. The van der Waals surface area contributed by atoms with Gasteiger partial charge in [0.2, 0.25) is 5.91 Å². The zero-order valence-electron chi connectivity index (χ0n) is 39.3. The van der Waals surface area contributed by atoms with E-state index in [-0.39, 0.29) is 18.5 Å². The van der Waals surface area contributed by atoms with Crippen LogP contribution in [0.3, 0.4) is 0 Å². The fourth-order valence-corrected chi connectivity index (χ4v) is 9.03. The Morgan fingerprint density at radius 1 is 0.552 bits per heavy atom. The average molecular weight is 820 g/mol. The largest absolute Gasteiger partial charge is 0.466 e. The molecule has 0 atom stereocenters. The lowest BCUT2D eigenvalue weighted by Crippen LogP contribution is -2.43. The Bertz CT molecular complexity index is 866. The summed E-state index contributed by atoms with van der Waals surface area (Å²) in [6, 6.07) is 0.610. The number of aliphatic hydroxyl groups is 1. The molecule has 0 spiro atoms. The SMILES string of the molecule is CCCCCCCCCCCOC(=O)CCCCCN(CCCCCC(=O)NCC(CCCCCCCC)CCCCCCCC)CCN(CCO)C1CCCCC1. The van der Waals surface area contributed by atoms with E-state index >= 15 is 0 Å². The van der Waals surface area contributed by atoms with Crippen LogP contribution >= 0.6 is 0 Å². The van der Waals surface area contributed by atoms with Gasteiger partial charge in [0.05, 0.1) is 13.2 Å². The minimum absolute atomic E-state index is 0.0290. The standard InChI is InChI=1S/C51H101N3O4/c1-4-7-10-13-16-17-18-21-33-46-58-51(57)39-30-24-32-41-53(42-43-54(44-45-55)49-36-27-22-28-37-49)40-31-23-29-38-50(56)52-47-48(34-25-19-14-11-8-5-2)35-26-20-15-12-9-6-3/h48-49,55H,4-47H2,1-3H3,(H,52,56). The Kier molecular flexibility index (Phi) is 40.2. The van der Waals surface area contributed by atoms with Crippen molar-refractivity contribution >= 4 is 11.9 Å². The number of amides is 1. The van der Waals surface area contributed by atoms with Gasteiger partial charge < -0.3 is 20.1 Å². The Hall–Kier alpha value is -1.18. The maximum atomic E-state index is 12.9. The average Bonchev–Trinajstić information content (AvgIpc) is 3.23. The van der Waals surface area contributed by atoms with Crippen LogP contribution in [0.5, 0.6) is 0 Å². The lowest BCUT2D eigenvalue weighted by molar-refractivity contribution is -0.143.